The summed E-state index contributed by atoms with van der Waals surface area (Å²) in [4.78, 5) is 32.9. The van der Waals surface area contributed by atoms with Crippen molar-refractivity contribution in [3.05, 3.63) is 18.0 Å². The Hall–Kier alpha value is -2.58. The van der Waals surface area contributed by atoms with Gasteiger partial charge in [0.15, 0.2) is 0 Å². The van der Waals surface area contributed by atoms with E-state index in [1.54, 1.807) is 10.9 Å². The second kappa shape index (κ2) is 7.12. The number of hydrogen-bond donors (Lipinski definition) is 4. The number of carboxylic acid groups (broad SMARTS) is 1. The molecule has 0 spiro atoms. The van der Waals surface area contributed by atoms with Gasteiger partial charge in [0.25, 0.3) is 0 Å². The van der Waals surface area contributed by atoms with E-state index in [0.29, 0.717) is 6.54 Å². The van der Waals surface area contributed by atoms with Crippen molar-refractivity contribution in [2.75, 3.05) is 6.54 Å². The summed E-state index contributed by atoms with van der Waals surface area (Å²) < 4.78 is 1.65. The SMILES string of the molecule is Cc1cnn(CCNC(=O)NC(CC(N)=O)C(=O)O)c1. The number of aromatic nitrogens is 2. The number of amides is 3. The van der Waals surface area contributed by atoms with Crippen LogP contribution in [-0.2, 0) is 16.1 Å². The van der Waals surface area contributed by atoms with Crippen LogP contribution >= 0.6 is 0 Å². The van der Waals surface area contributed by atoms with Crippen LogP contribution in [0.5, 0.6) is 0 Å². The fourth-order valence-electron chi connectivity index (χ4n) is 1.48. The second-order valence-electron chi connectivity index (χ2n) is 4.24. The van der Waals surface area contributed by atoms with Crippen molar-refractivity contribution in [1.29, 1.82) is 0 Å². The number of hydrogen-bond acceptors (Lipinski definition) is 4. The Morgan fingerprint density at radius 3 is 2.70 bits per heavy atom. The maximum atomic E-state index is 11.5. The third kappa shape index (κ3) is 5.38. The molecule has 1 aromatic rings. The van der Waals surface area contributed by atoms with E-state index in [4.69, 9.17) is 10.8 Å². The molecule has 0 aliphatic carbocycles. The van der Waals surface area contributed by atoms with Gasteiger partial charge in [-0.2, -0.15) is 5.10 Å². The highest BCUT2D eigenvalue weighted by Gasteiger charge is 2.21. The predicted octanol–water partition coefficient (Wildman–Crippen LogP) is -1.18. The maximum absolute atomic E-state index is 11.5. The largest absolute Gasteiger partial charge is 0.480 e. The topological polar surface area (TPSA) is 139 Å². The van der Waals surface area contributed by atoms with E-state index in [0.717, 1.165) is 5.56 Å². The fourth-order valence-corrected chi connectivity index (χ4v) is 1.48. The van der Waals surface area contributed by atoms with Crippen LogP contribution in [0.3, 0.4) is 0 Å². The lowest BCUT2D eigenvalue weighted by atomic mass is 10.2. The van der Waals surface area contributed by atoms with Crippen LogP contribution in [0.2, 0.25) is 0 Å². The number of rotatable bonds is 7. The van der Waals surface area contributed by atoms with Gasteiger partial charge >= 0.3 is 12.0 Å². The monoisotopic (exact) mass is 283 g/mol. The summed E-state index contributed by atoms with van der Waals surface area (Å²) in [6.07, 6.45) is 3.04. The average molecular weight is 283 g/mol. The van der Waals surface area contributed by atoms with Gasteiger partial charge in [0, 0.05) is 12.7 Å². The van der Waals surface area contributed by atoms with E-state index in [1.807, 2.05) is 13.1 Å². The lowest BCUT2D eigenvalue weighted by Crippen LogP contribution is -2.48. The summed E-state index contributed by atoms with van der Waals surface area (Å²) in [7, 11) is 0. The number of nitrogens with zero attached hydrogens (tertiary/aromatic N) is 2. The summed E-state index contributed by atoms with van der Waals surface area (Å²) in [6.45, 7) is 2.62. The second-order valence-corrected chi connectivity index (χ2v) is 4.24. The first-order chi connectivity index (χ1) is 9.38. The number of nitrogens with one attached hydrogen (secondary N) is 2. The van der Waals surface area contributed by atoms with Gasteiger partial charge in [0.1, 0.15) is 6.04 Å². The van der Waals surface area contributed by atoms with Gasteiger partial charge in [-0.15, -0.1) is 0 Å². The summed E-state index contributed by atoms with van der Waals surface area (Å²) in [5.74, 6) is -2.12. The van der Waals surface area contributed by atoms with Gasteiger partial charge in [-0.1, -0.05) is 0 Å². The van der Waals surface area contributed by atoms with E-state index in [9.17, 15) is 14.4 Å². The average Bonchev–Trinajstić information content (AvgIpc) is 2.73. The number of carboxylic acids is 1. The van der Waals surface area contributed by atoms with Crippen LogP contribution < -0.4 is 16.4 Å². The van der Waals surface area contributed by atoms with E-state index in [2.05, 4.69) is 15.7 Å². The van der Waals surface area contributed by atoms with Crippen LogP contribution in [-0.4, -0.2) is 45.4 Å². The van der Waals surface area contributed by atoms with Gasteiger partial charge in [-0.05, 0) is 12.5 Å². The van der Waals surface area contributed by atoms with E-state index >= 15 is 0 Å². The van der Waals surface area contributed by atoms with Crippen LogP contribution in [0.15, 0.2) is 12.4 Å². The normalized spacial score (nSPS) is 11.7. The molecule has 0 aliphatic heterocycles. The zero-order valence-electron chi connectivity index (χ0n) is 11.0. The molecule has 3 amide bonds. The quantitative estimate of drug-likeness (QED) is 0.498. The third-order valence-electron chi connectivity index (χ3n) is 2.40. The molecule has 5 N–H and O–H groups in total. The van der Waals surface area contributed by atoms with Gasteiger partial charge in [-0.3, -0.25) is 9.48 Å². The molecular weight excluding hydrogens is 266 g/mol. The molecular formula is C11H17N5O4. The zero-order chi connectivity index (χ0) is 15.1. The molecule has 0 radical (unpaired) electrons. The van der Waals surface area contributed by atoms with E-state index < -0.39 is 30.4 Å². The summed E-state index contributed by atoms with van der Waals surface area (Å²) in [5.41, 5.74) is 5.90. The summed E-state index contributed by atoms with van der Waals surface area (Å²) in [6, 6.07) is -2.01. The highest BCUT2D eigenvalue weighted by Crippen LogP contribution is 1.93. The maximum Gasteiger partial charge on any atom is 0.326 e. The minimum atomic E-state index is -1.33. The minimum Gasteiger partial charge on any atom is -0.480 e. The van der Waals surface area contributed by atoms with Crippen molar-refractivity contribution in [1.82, 2.24) is 20.4 Å². The Balaban J connectivity index is 2.34. The van der Waals surface area contributed by atoms with Gasteiger partial charge < -0.3 is 21.5 Å². The molecule has 0 aromatic carbocycles. The highest BCUT2D eigenvalue weighted by atomic mass is 16.4. The number of carbonyl (C=O) groups excluding carboxylic acids is 2. The lowest BCUT2D eigenvalue weighted by molar-refractivity contribution is -0.140. The van der Waals surface area contributed by atoms with Gasteiger partial charge in [-0.25, -0.2) is 9.59 Å². The molecule has 1 heterocycles. The molecule has 0 saturated carbocycles. The molecule has 110 valence electrons. The fraction of sp³-hybridized carbons (Fsp3) is 0.455. The van der Waals surface area contributed by atoms with E-state index in [1.165, 1.54) is 0 Å². The third-order valence-corrected chi connectivity index (χ3v) is 2.40. The first kappa shape index (κ1) is 15.5. The molecule has 1 aromatic heterocycles. The molecule has 1 unspecified atom stereocenters. The number of nitrogens with two attached hydrogens (primary N) is 1. The predicted molar refractivity (Wildman–Crippen MR) is 68.7 cm³/mol. The highest BCUT2D eigenvalue weighted by molar-refractivity contribution is 5.87. The van der Waals surface area contributed by atoms with Gasteiger partial charge in [0.2, 0.25) is 5.91 Å². The smallest absolute Gasteiger partial charge is 0.326 e. The molecule has 1 rings (SSSR count). The Labute approximate surface area is 115 Å². The van der Waals surface area contributed by atoms with Gasteiger partial charge in [0.05, 0.1) is 19.2 Å². The number of urea groups is 1. The molecule has 0 aliphatic rings. The molecule has 9 nitrogen and oxygen atoms in total. The van der Waals surface area contributed by atoms with Crippen molar-refractivity contribution in [3.8, 4) is 0 Å². The molecule has 20 heavy (non-hydrogen) atoms. The first-order valence-electron chi connectivity index (χ1n) is 5.93. The first-order valence-corrected chi connectivity index (χ1v) is 5.93. The number of carbonyl (C=O) groups is 3. The van der Waals surface area contributed by atoms with Crippen molar-refractivity contribution >= 4 is 17.9 Å². The Morgan fingerprint density at radius 2 is 2.20 bits per heavy atom. The Morgan fingerprint density at radius 1 is 1.50 bits per heavy atom. The molecule has 0 saturated heterocycles. The summed E-state index contributed by atoms with van der Waals surface area (Å²) in [5, 5.41) is 17.5. The number of aryl methyl sites for hydroxylation is 1. The minimum absolute atomic E-state index is 0.274. The van der Waals surface area contributed by atoms with Crippen LogP contribution in [0.25, 0.3) is 0 Å². The molecule has 0 fully saturated rings. The lowest BCUT2D eigenvalue weighted by Gasteiger charge is -2.13. The molecule has 1 atom stereocenters. The Bertz CT molecular complexity index is 499. The van der Waals surface area contributed by atoms with Crippen LogP contribution in [0, 0.1) is 6.92 Å². The van der Waals surface area contributed by atoms with Crippen molar-refractivity contribution in [2.45, 2.75) is 25.9 Å². The van der Waals surface area contributed by atoms with Crippen molar-refractivity contribution < 1.29 is 19.5 Å². The molecule has 0 bridgehead atoms. The number of primary amides is 1. The number of aliphatic carboxylic acids is 1. The zero-order valence-corrected chi connectivity index (χ0v) is 11.0. The molecule has 9 heteroatoms. The Kier molecular flexibility index (Phi) is 5.51. The van der Waals surface area contributed by atoms with E-state index in [-0.39, 0.29) is 6.54 Å². The van der Waals surface area contributed by atoms with Crippen molar-refractivity contribution in [3.63, 3.8) is 0 Å². The summed E-state index contributed by atoms with van der Waals surface area (Å²) >= 11 is 0. The van der Waals surface area contributed by atoms with Crippen molar-refractivity contribution in [2.24, 2.45) is 5.73 Å². The standard InChI is InChI=1S/C11H17N5O4/c1-7-5-14-16(6-7)3-2-13-11(20)15-8(10(18)19)4-9(12)17/h5-6,8H,2-4H2,1H3,(H2,12,17)(H,18,19)(H2,13,15,20). The van der Waals surface area contributed by atoms with Crippen LogP contribution in [0.4, 0.5) is 4.79 Å². The van der Waals surface area contributed by atoms with Crippen LogP contribution in [0.1, 0.15) is 12.0 Å².